The molecule has 0 aliphatic rings. The third-order valence-electron chi connectivity index (χ3n) is 1.81. The smallest absolute Gasteiger partial charge is 0.133 e. The second-order valence-corrected chi connectivity index (χ2v) is 3.51. The van der Waals surface area contributed by atoms with Crippen molar-refractivity contribution in [3.63, 3.8) is 0 Å². The molecule has 70 valence electrons. The quantitative estimate of drug-likeness (QED) is 0.827. The number of ether oxygens (including phenoxy) is 1. The fourth-order valence-corrected chi connectivity index (χ4v) is 1.43. The van der Waals surface area contributed by atoms with E-state index in [9.17, 15) is 0 Å². The molecule has 1 rings (SSSR count). The van der Waals surface area contributed by atoms with Gasteiger partial charge in [0.25, 0.3) is 0 Å². The Morgan fingerprint density at radius 1 is 1.62 bits per heavy atom. The Labute approximate surface area is 86.5 Å². The maximum Gasteiger partial charge on any atom is 0.133 e. The van der Waals surface area contributed by atoms with Gasteiger partial charge in [0, 0.05) is 6.04 Å². The van der Waals surface area contributed by atoms with Crippen LogP contribution in [0.3, 0.4) is 0 Å². The van der Waals surface area contributed by atoms with Crippen molar-refractivity contribution in [1.82, 2.24) is 0 Å². The van der Waals surface area contributed by atoms with Crippen LogP contribution < -0.4 is 10.5 Å². The van der Waals surface area contributed by atoms with Crippen molar-refractivity contribution in [1.29, 1.82) is 0 Å². The van der Waals surface area contributed by atoms with Crippen molar-refractivity contribution in [3.05, 3.63) is 40.9 Å². The highest BCUT2D eigenvalue weighted by atomic mass is 79.9. The molecule has 0 aliphatic carbocycles. The maximum atomic E-state index is 5.78. The Morgan fingerprint density at radius 3 is 2.85 bits per heavy atom. The van der Waals surface area contributed by atoms with Crippen molar-refractivity contribution in [2.45, 2.75) is 6.04 Å². The van der Waals surface area contributed by atoms with E-state index in [1.165, 1.54) is 0 Å². The molecule has 0 spiro atoms. The lowest BCUT2D eigenvalue weighted by Crippen LogP contribution is -2.06. The molecule has 0 unspecified atom stereocenters. The fourth-order valence-electron chi connectivity index (χ4n) is 1.02. The average molecular weight is 242 g/mol. The third kappa shape index (κ3) is 2.32. The minimum absolute atomic E-state index is 0.137. The highest BCUT2D eigenvalue weighted by molar-refractivity contribution is 9.10. The van der Waals surface area contributed by atoms with E-state index in [2.05, 4.69) is 22.5 Å². The van der Waals surface area contributed by atoms with Crippen LogP contribution in [0.25, 0.3) is 0 Å². The Morgan fingerprint density at radius 2 is 2.31 bits per heavy atom. The molecule has 0 amide bonds. The van der Waals surface area contributed by atoms with Crippen LogP contribution in [0.15, 0.2) is 35.3 Å². The number of methoxy groups -OCH3 is 1. The highest BCUT2D eigenvalue weighted by Gasteiger charge is 2.05. The molecule has 0 heterocycles. The summed E-state index contributed by atoms with van der Waals surface area (Å²) in [6, 6.07) is 5.62. The summed E-state index contributed by atoms with van der Waals surface area (Å²) in [7, 11) is 1.63. The van der Waals surface area contributed by atoms with Gasteiger partial charge in [0.1, 0.15) is 5.75 Å². The average Bonchev–Trinajstić information content (AvgIpc) is 2.17. The van der Waals surface area contributed by atoms with Crippen LogP contribution in [-0.2, 0) is 0 Å². The number of rotatable bonds is 3. The maximum absolute atomic E-state index is 5.78. The minimum Gasteiger partial charge on any atom is -0.496 e. The molecule has 0 saturated heterocycles. The molecule has 0 aliphatic heterocycles. The minimum atomic E-state index is -0.137. The van der Waals surface area contributed by atoms with Crippen molar-refractivity contribution in [2.75, 3.05) is 7.11 Å². The van der Waals surface area contributed by atoms with Crippen LogP contribution in [0.1, 0.15) is 11.6 Å². The lowest BCUT2D eigenvalue weighted by molar-refractivity contribution is 0.411. The Kier molecular flexibility index (Phi) is 3.51. The summed E-state index contributed by atoms with van der Waals surface area (Å²) < 4.78 is 6.07. The zero-order valence-corrected chi connectivity index (χ0v) is 9.04. The SMILES string of the molecule is C=C[C@@H](N)c1ccc(Br)c(OC)c1. The lowest BCUT2D eigenvalue weighted by Gasteiger charge is -2.09. The van der Waals surface area contributed by atoms with Gasteiger partial charge in [0.2, 0.25) is 0 Å². The van der Waals surface area contributed by atoms with Crippen molar-refractivity contribution in [3.8, 4) is 5.75 Å². The van der Waals surface area contributed by atoms with E-state index in [-0.39, 0.29) is 6.04 Å². The van der Waals surface area contributed by atoms with Gasteiger partial charge in [-0.25, -0.2) is 0 Å². The van der Waals surface area contributed by atoms with E-state index in [0.29, 0.717) is 0 Å². The van der Waals surface area contributed by atoms with E-state index in [1.54, 1.807) is 13.2 Å². The molecule has 13 heavy (non-hydrogen) atoms. The lowest BCUT2D eigenvalue weighted by atomic mass is 10.1. The van der Waals surface area contributed by atoms with Crippen LogP contribution >= 0.6 is 15.9 Å². The molecule has 0 radical (unpaired) electrons. The molecule has 0 aromatic heterocycles. The van der Waals surface area contributed by atoms with Gasteiger partial charge in [-0.3, -0.25) is 0 Å². The molecule has 1 atom stereocenters. The van der Waals surface area contributed by atoms with Crippen LogP contribution in [0.4, 0.5) is 0 Å². The molecule has 1 aromatic rings. The number of benzene rings is 1. The molecular weight excluding hydrogens is 230 g/mol. The van der Waals surface area contributed by atoms with E-state index < -0.39 is 0 Å². The van der Waals surface area contributed by atoms with Gasteiger partial charge < -0.3 is 10.5 Å². The van der Waals surface area contributed by atoms with Gasteiger partial charge in [-0.1, -0.05) is 12.1 Å². The molecule has 0 bridgehead atoms. The van der Waals surface area contributed by atoms with Crippen molar-refractivity contribution >= 4 is 15.9 Å². The number of nitrogens with two attached hydrogens (primary N) is 1. The summed E-state index contributed by atoms with van der Waals surface area (Å²) >= 11 is 3.37. The fraction of sp³-hybridized carbons (Fsp3) is 0.200. The van der Waals surface area contributed by atoms with Gasteiger partial charge in [-0.15, -0.1) is 6.58 Å². The van der Waals surface area contributed by atoms with E-state index >= 15 is 0 Å². The third-order valence-corrected chi connectivity index (χ3v) is 2.47. The predicted molar refractivity (Wildman–Crippen MR) is 57.8 cm³/mol. The first-order valence-corrected chi connectivity index (χ1v) is 4.70. The predicted octanol–water partition coefficient (Wildman–Crippen LogP) is 2.64. The van der Waals surface area contributed by atoms with Crippen LogP contribution in [0, 0.1) is 0 Å². The number of hydrogen-bond donors (Lipinski definition) is 1. The molecule has 2 N–H and O–H groups in total. The second-order valence-electron chi connectivity index (χ2n) is 2.66. The number of hydrogen-bond acceptors (Lipinski definition) is 2. The highest BCUT2D eigenvalue weighted by Crippen LogP contribution is 2.27. The summed E-state index contributed by atoms with van der Waals surface area (Å²) in [5.41, 5.74) is 6.77. The Balaban J connectivity index is 3.05. The largest absolute Gasteiger partial charge is 0.496 e. The summed E-state index contributed by atoms with van der Waals surface area (Å²) in [5, 5.41) is 0. The van der Waals surface area contributed by atoms with Crippen molar-refractivity contribution in [2.24, 2.45) is 5.73 Å². The monoisotopic (exact) mass is 241 g/mol. The molecular formula is C10H12BrNO. The summed E-state index contributed by atoms with van der Waals surface area (Å²) in [6.45, 7) is 3.64. The van der Waals surface area contributed by atoms with Gasteiger partial charge in [-0.05, 0) is 33.6 Å². The van der Waals surface area contributed by atoms with E-state index in [4.69, 9.17) is 10.5 Å². The van der Waals surface area contributed by atoms with Gasteiger partial charge >= 0.3 is 0 Å². The molecule has 2 nitrogen and oxygen atoms in total. The topological polar surface area (TPSA) is 35.2 Å². The van der Waals surface area contributed by atoms with Gasteiger partial charge in [-0.2, -0.15) is 0 Å². The van der Waals surface area contributed by atoms with Gasteiger partial charge in [0.15, 0.2) is 0 Å². The zero-order chi connectivity index (χ0) is 9.84. The first kappa shape index (κ1) is 10.3. The molecule has 0 saturated carbocycles. The van der Waals surface area contributed by atoms with Gasteiger partial charge in [0.05, 0.1) is 11.6 Å². The van der Waals surface area contributed by atoms with Crippen molar-refractivity contribution < 1.29 is 4.74 Å². The summed E-state index contributed by atoms with van der Waals surface area (Å²) in [5.74, 6) is 0.787. The van der Waals surface area contributed by atoms with Crippen LogP contribution in [-0.4, -0.2) is 7.11 Å². The molecule has 3 heteroatoms. The summed E-state index contributed by atoms with van der Waals surface area (Å²) in [6.07, 6.45) is 1.70. The van der Waals surface area contributed by atoms with E-state index in [0.717, 1.165) is 15.8 Å². The Bertz CT molecular complexity index is 312. The zero-order valence-electron chi connectivity index (χ0n) is 7.46. The molecule has 1 aromatic carbocycles. The molecule has 0 fully saturated rings. The van der Waals surface area contributed by atoms with Crippen LogP contribution in [0.5, 0.6) is 5.75 Å². The first-order valence-electron chi connectivity index (χ1n) is 3.90. The standard InChI is InChI=1S/C10H12BrNO/c1-3-9(12)7-4-5-8(11)10(6-7)13-2/h3-6,9H,1,12H2,2H3/t9-/m1/s1. The normalized spacial score (nSPS) is 12.2. The first-order chi connectivity index (χ1) is 6.19. The second kappa shape index (κ2) is 4.44. The van der Waals surface area contributed by atoms with Crippen LogP contribution in [0.2, 0.25) is 0 Å². The summed E-state index contributed by atoms with van der Waals surface area (Å²) in [4.78, 5) is 0. The number of halogens is 1. The Hall–Kier alpha value is -0.800. The van der Waals surface area contributed by atoms with E-state index in [1.807, 2.05) is 18.2 Å².